The van der Waals surface area contributed by atoms with E-state index < -0.39 is 0 Å². The summed E-state index contributed by atoms with van der Waals surface area (Å²) in [5.41, 5.74) is 4.10. The number of rotatable bonds is 3. The van der Waals surface area contributed by atoms with Crippen LogP contribution in [0.3, 0.4) is 0 Å². The van der Waals surface area contributed by atoms with Crippen LogP contribution in [0, 0.1) is 5.92 Å². The van der Waals surface area contributed by atoms with E-state index in [1.807, 2.05) is 24.3 Å². The van der Waals surface area contributed by atoms with E-state index in [-0.39, 0.29) is 5.91 Å². The van der Waals surface area contributed by atoms with Crippen molar-refractivity contribution in [1.29, 1.82) is 0 Å². The lowest BCUT2D eigenvalue weighted by atomic mass is 9.83. The molecule has 0 spiro atoms. The fourth-order valence-corrected chi connectivity index (χ4v) is 4.93. The lowest BCUT2D eigenvalue weighted by Gasteiger charge is -2.48. The molecule has 2 aromatic carbocycles. The molecule has 0 aliphatic carbocycles. The Hall–Kier alpha value is -2.33. The number of carbonyl (C=O) groups is 1. The minimum Gasteiger partial charge on any atom is -0.496 e. The third-order valence-electron chi connectivity index (χ3n) is 6.38. The number of para-hydroxylation sites is 1. The maximum Gasteiger partial charge on any atom is 0.254 e. The number of hydrogen-bond donors (Lipinski definition) is 0. The molecule has 3 saturated heterocycles. The number of ether oxygens (including phenoxy) is 1. The summed E-state index contributed by atoms with van der Waals surface area (Å²) in [6.45, 7) is 4.21. The number of hydrogen-bond acceptors (Lipinski definition) is 3. The number of benzene rings is 2. The standard InChI is InChI=1S/C22H24N2O2/c1-26-21-5-3-2-4-18(21)16-6-7-17-13-24(22(25)19(17)12-16)20-14-23-10-8-15(20)9-11-23/h2-7,12,15,20H,8-11,13-14H2,1H3. The summed E-state index contributed by atoms with van der Waals surface area (Å²) in [6.07, 6.45) is 2.47. The average Bonchev–Trinajstić information content (AvgIpc) is 3.04. The van der Waals surface area contributed by atoms with E-state index in [0.717, 1.165) is 41.1 Å². The first-order chi connectivity index (χ1) is 12.7. The largest absolute Gasteiger partial charge is 0.496 e. The third kappa shape index (κ3) is 2.43. The topological polar surface area (TPSA) is 32.8 Å². The minimum absolute atomic E-state index is 0.204. The van der Waals surface area contributed by atoms with Gasteiger partial charge in [0, 0.05) is 30.3 Å². The summed E-state index contributed by atoms with van der Waals surface area (Å²) in [5.74, 6) is 1.72. The normalized spacial score (nSPS) is 26.9. The molecular formula is C22H24N2O2. The van der Waals surface area contributed by atoms with Crippen molar-refractivity contribution in [2.75, 3.05) is 26.7 Å². The molecule has 3 fully saturated rings. The van der Waals surface area contributed by atoms with Gasteiger partial charge in [0.25, 0.3) is 5.91 Å². The Morgan fingerprint density at radius 3 is 2.58 bits per heavy atom. The van der Waals surface area contributed by atoms with Crippen LogP contribution >= 0.6 is 0 Å². The molecule has 0 saturated carbocycles. The van der Waals surface area contributed by atoms with E-state index >= 15 is 0 Å². The summed E-state index contributed by atoms with van der Waals surface area (Å²) >= 11 is 0. The average molecular weight is 348 g/mol. The second-order valence-electron chi connectivity index (χ2n) is 7.71. The van der Waals surface area contributed by atoms with E-state index in [0.29, 0.717) is 12.0 Å². The summed E-state index contributed by atoms with van der Waals surface area (Å²) in [4.78, 5) is 17.8. The highest BCUT2D eigenvalue weighted by atomic mass is 16.5. The van der Waals surface area contributed by atoms with Gasteiger partial charge in [0.15, 0.2) is 0 Å². The fraction of sp³-hybridized carbons (Fsp3) is 0.409. The molecule has 4 aliphatic heterocycles. The molecule has 6 rings (SSSR count). The molecular weight excluding hydrogens is 324 g/mol. The SMILES string of the molecule is COc1ccccc1-c1ccc2c(c1)C(=O)N(C1CN3CCC1CC3)C2. The third-order valence-corrected chi connectivity index (χ3v) is 6.38. The molecule has 4 heterocycles. The number of piperidine rings is 3. The Bertz CT molecular complexity index is 855. The second kappa shape index (κ2) is 6.13. The fourth-order valence-electron chi connectivity index (χ4n) is 4.93. The zero-order valence-corrected chi connectivity index (χ0v) is 15.1. The molecule has 26 heavy (non-hydrogen) atoms. The quantitative estimate of drug-likeness (QED) is 0.852. The molecule has 1 atom stereocenters. The first-order valence-electron chi connectivity index (χ1n) is 9.54. The molecule has 1 unspecified atom stereocenters. The molecule has 2 aromatic rings. The molecule has 4 heteroatoms. The first-order valence-corrected chi connectivity index (χ1v) is 9.54. The van der Waals surface area contributed by atoms with Crippen LogP contribution in [-0.2, 0) is 6.54 Å². The van der Waals surface area contributed by atoms with Crippen LogP contribution in [0.5, 0.6) is 5.75 Å². The highest BCUT2D eigenvalue weighted by Gasteiger charge is 2.42. The van der Waals surface area contributed by atoms with Gasteiger partial charge in [-0.25, -0.2) is 0 Å². The van der Waals surface area contributed by atoms with Gasteiger partial charge >= 0.3 is 0 Å². The highest BCUT2D eigenvalue weighted by molar-refractivity contribution is 6.00. The van der Waals surface area contributed by atoms with Gasteiger partial charge in [0.05, 0.1) is 7.11 Å². The number of methoxy groups -OCH3 is 1. The van der Waals surface area contributed by atoms with E-state index in [1.54, 1.807) is 7.11 Å². The Labute approximate surface area is 154 Å². The summed E-state index contributed by atoms with van der Waals surface area (Å²) in [7, 11) is 1.69. The van der Waals surface area contributed by atoms with Crippen LogP contribution < -0.4 is 4.74 Å². The smallest absolute Gasteiger partial charge is 0.254 e. The Morgan fingerprint density at radius 1 is 1.04 bits per heavy atom. The molecule has 0 N–H and O–H groups in total. The van der Waals surface area contributed by atoms with Crippen molar-refractivity contribution < 1.29 is 9.53 Å². The molecule has 4 nitrogen and oxygen atoms in total. The van der Waals surface area contributed by atoms with Gasteiger partial charge in [-0.05, 0) is 55.1 Å². The Balaban J connectivity index is 1.46. The van der Waals surface area contributed by atoms with Crippen LogP contribution in [0.2, 0.25) is 0 Å². The van der Waals surface area contributed by atoms with Crippen molar-refractivity contribution in [3.8, 4) is 16.9 Å². The molecule has 0 aromatic heterocycles. The predicted molar refractivity (Wildman–Crippen MR) is 101 cm³/mol. The first kappa shape index (κ1) is 15.9. The zero-order valence-electron chi connectivity index (χ0n) is 15.1. The maximum absolute atomic E-state index is 13.2. The van der Waals surface area contributed by atoms with E-state index in [9.17, 15) is 4.79 Å². The molecule has 2 bridgehead atoms. The maximum atomic E-state index is 13.2. The second-order valence-corrected chi connectivity index (χ2v) is 7.71. The van der Waals surface area contributed by atoms with E-state index in [2.05, 4.69) is 28.0 Å². The zero-order chi connectivity index (χ0) is 17.7. The van der Waals surface area contributed by atoms with Crippen molar-refractivity contribution >= 4 is 5.91 Å². The van der Waals surface area contributed by atoms with Crippen LogP contribution in [0.4, 0.5) is 0 Å². The molecule has 0 radical (unpaired) electrons. The van der Waals surface area contributed by atoms with Crippen molar-refractivity contribution in [3.63, 3.8) is 0 Å². The Kier molecular flexibility index (Phi) is 3.75. The van der Waals surface area contributed by atoms with Gasteiger partial charge < -0.3 is 14.5 Å². The summed E-state index contributed by atoms with van der Waals surface area (Å²) in [5, 5.41) is 0. The number of nitrogens with zero attached hydrogens (tertiary/aromatic N) is 2. The van der Waals surface area contributed by atoms with Gasteiger partial charge in [0.2, 0.25) is 0 Å². The summed E-state index contributed by atoms with van der Waals surface area (Å²) < 4.78 is 5.49. The predicted octanol–water partition coefficient (Wildman–Crippen LogP) is 3.41. The van der Waals surface area contributed by atoms with Gasteiger partial charge in [-0.15, -0.1) is 0 Å². The number of fused-ring (bicyclic) bond motifs is 4. The van der Waals surface area contributed by atoms with Gasteiger partial charge in [0.1, 0.15) is 5.75 Å². The van der Waals surface area contributed by atoms with Gasteiger partial charge in [-0.1, -0.05) is 30.3 Å². The lowest BCUT2D eigenvalue weighted by Crippen LogP contribution is -2.57. The molecule has 4 aliphatic rings. The van der Waals surface area contributed by atoms with Gasteiger partial charge in [-0.2, -0.15) is 0 Å². The van der Waals surface area contributed by atoms with Crippen LogP contribution in [0.25, 0.3) is 11.1 Å². The van der Waals surface area contributed by atoms with E-state index in [1.165, 1.54) is 25.9 Å². The van der Waals surface area contributed by atoms with E-state index in [4.69, 9.17) is 4.74 Å². The number of amides is 1. The van der Waals surface area contributed by atoms with Crippen molar-refractivity contribution in [2.45, 2.75) is 25.4 Å². The van der Waals surface area contributed by atoms with Crippen LogP contribution in [0.1, 0.15) is 28.8 Å². The van der Waals surface area contributed by atoms with Crippen LogP contribution in [-0.4, -0.2) is 48.5 Å². The van der Waals surface area contributed by atoms with Crippen molar-refractivity contribution in [1.82, 2.24) is 9.80 Å². The molecule has 134 valence electrons. The van der Waals surface area contributed by atoms with Gasteiger partial charge in [-0.3, -0.25) is 4.79 Å². The monoisotopic (exact) mass is 348 g/mol. The Morgan fingerprint density at radius 2 is 1.85 bits per heavy atom. The van der Waals surface area contributed by atoms with Crippen molar-refractivity contribution in [3.05, 3.63) is 53.6 Å². The van der Waals surface area contributed by atoms with Crippen LogP contribution in [0.15, 0.2) is 42.5 Å². The number of carbonyl (C=O) groups excluding carboxylic acids is 1. The summed E-state index contributed by atoms with van der Waals surface area (Å²) in [6, 6.07) is 14.7. The molecule has 1 amide bonds. The lowest BCUT2D eigenvalue weighted by molar-refractivity contribution is 0.00846. The van der Waals surface area contributed by atoms with Crippen molar-refractivity contribution in [2.24, 2.45) is 5.92 Å². The minimum atomic E-state index is 0.204. The highest BCUT2D eigenvalue weighted by Crippen LogP contribution is 2.37.